The van der Waals surface area contributed by atoms with Gasteiger partial charge in [-0.15, -0.1) is 0 Å². The van der Waals surface area contributed by atoms with Gasteiger partial charge in [0.2, 0.25) is 0 Å². The van der Waals surface area contributed by atoms with Crippen LogP contribution in [-0.2, 0) is 0 Å². The van der Waals surface area contributed by atoms with E-state index in [0.29, 0.717) is 22.3 Å². The number of aromatic nitrogens is 3. The average molecular weight is 355 g/mol. The summed E-state index contributed by atoms with van der Waals surface area (Å²) in [6.45, 7) is 0.227. The van der Waals surface area contributed by atoms with Crippen molar-refractivity contribution < 1.29 is 17.9 Å². The molecular formula is C15H12F3N3O2S. The van der Waals surface area contributed by atoms with Crippen LogP contribution in [-0.4, -0.2) is 27.3 Å². The van der Waals surface area contributed by atoms with Crippen molar-refractivity contribution in [3.63, 3.8) is 0 Å². The highest BCUT2D eigenvalue weighted by molar-refractivity contribution is 7.71. The molecule has 0 aliphatic rings. The molecule has 2 heterocycles. The van der Waals surface area contributed by atoms with Crippen molar-refractivity contribution in [1.29, 1.82) is 0 Å². The first kappa shape index (κ1) is 16.3. The number of fused-ring (bicyclic) bond motifs is 1. The maximum absolute atomic E-state index is 12.5. The Morgan fingerprint density at radius 3 is 2.71 bits per heavy atom. The second-order valence-electron chi connectivity index (χ2n) is 5.19. The first-order chi connectivity index (χ1) is 11.3. The van der Waals surface area contributed by atoms with Gasteiger partial charge in [-0.05, 0) is 49.0 Å². The number of H-pyrrole nitrogens is 2. The van der Waals surface area contributed by atoms with Gasteiger partial charge >= 0.3 is 6.18 Å². The molecule has 1 aromatic carbocycles. The maximum atomic E-state index is 12.5. The Bertz CT molecular complexity index is 1020. The lowest BCUT2D eigenvalue weighted by Gasteiger charge is -2.13. The number of ether oxygens (including phenoxy) is 1. The maximum Gasteiger partial charge on any atom is 0.422 e. The van der Waals surface area contributed by atoms with E-state index in [-0.39, 0.29) is 16.1 Å². The van der Waals surface area contributed by atoms with Gasteiger partial charge in [0, 0.05) is 6.20 Å². The number of nitrogens with zero attached hydrogens (tertiary/aromatic N) is 1. The third-order valence-corrected chi connectivity index (χ3v) is 3.71. The van der Waals surface area contributed by atoms with Crippen LogP contribution in [0.25, 0.3) is 16.7 Å². The molecule has 0 saturated heterocycles. The first-order valence-corrected chi connectivity index (χ1v) is 7.30. The zero-order chi connectivity index (χ0) is 17.5. The monoisotopic (exact) mass is 355 g/mol. The normalized spacial score (nSPS) is 11.8. The molecule has 5 nitrogen and oxygen atoms in total. The van der Waals surface area contributed by atoms with E-state index in [1.807, 2.05) is 0 Å². The van der Waals surface area contributed by atoms with Crippen molar-refractivity contribution >= 4 is 23.3 Å². The van der Waals surface area contributed by atoms with E-state index in [0.717, 1.165) is 0 Å². The molecule has 126 valence electrons. The van der Waals surface area contributed by atoms with Crippen molar-refractivity contribution in [1.82, 2.24) is 14.5 Å². The first-order valence-electron chi connectivity index (χ1n) is 6.89. The van der Waals surface area contributed by atoms with Gasteiger partial charge in [0.25, 0.3) is 5.56 Å². The van der Waals surface area contributed by atoms with Gasteiger partial charge in [-0.25, -0.2) is 0 Å². The third-order valence-electron chi connectivity index (χ3n) is 3.42. The van der Waals surface area contributed by atoms with Gasteiger partial charge in [0.1, 0.15) is 11.4 Å². The van der Waals surface area contributed by atoms with Crippen molar-refractivity contribution in [3.05, 3.63) is 51.2 Å². The van der Waals surface area contributed by atoms with Gasteiger partial charge in [0.05, 0.1) is 11.1 Å². The molecule has 0 aliphatic heterocycles. The van der Waals surface area contributed by atoms with E-state index in [1.165, 1.54) is 16.7 Å². The largest absolute Gasteiger partial charge is 0.484 e. The number of benzene rings is 1. The molecule has 9 heteroatoms. The summed E-state index contributed by atoms with van der Waals surface area (Å²) in [7, 11) is 0. The predicted octanol–water partition coefficient (Wildman–Crippen LogP) is 3.63. The number of nitrogens with one attached hydrogen (secondary N) is 2. The molecule has 2 aromatic heterocycles. The van der Waals surface area contributed by atoms with Crippen LogP contribution >= 0.6 is 12.2 Å². The van der Waals surface area contributed by atoms with Gasteiger partial charge in [0.15, 0.2) is 11.4 Å². The average Bonchev–Trinajstić information content (AvgIpc) is 2.94. The third kappa shape index (κ3) is 3.07. The predicted molar refractivity (Wildman–Crippen MR) is 85.4 cm³/mol. The second-order valence-corrected chi connectivity index (χ2v) is 5.58. The Labute approximate surface area is 138 Å². The Hall–Kier alpha value is -2.55. The van der Waals surface area contributed by atoms with Crippen LogP contribution in [0.2, 0.25) is 0 Å². The molecule has 0 spiro atoms. The van der Waals surface area contributed by atoms with Crippen molar-refractivity contribution in [2.24, 2.45) is 0 Å². The molecule has 3 aromatic rings. The number of halogens is 3. The summed E-state index contributed by atoms with van der Waals surface area (Å²) in [5, 5.41) is 0.429. The van der Waals surface area contributed by atoms with Crippen LogP contribution < -0.4 is 10.3 Å². The lowest BCUT2D eigenvalue weighted by atomic mass is 10.2. The summed E-state index contributed by atoms with van der Waals surface area (Å²) >= 11 is 5.20. The molecule has 3 rings (SSSR count). The fourth-order valence-corrected chi connectivity index (χ4v) is 2.65. The van der Waals surface area contributed by atoms with Gasteiger partial charge in [-0.2, -0.15) is 13.2 Å². The van der Waals surface area contributed by atoms with Crippen molar-refractivity contribution in [2.75, 3.05) is 6.61 Å². The van der Waals surface area contributed by atoms with Gasteiger partial charge in [-0.3, -0.25) is 9.36 Å². The highest BCUT2D eigenvalue weighted by Crippen LogP contribution is 2.24. The standard InChI is InChI=1S/C15H12F3N3O2S/c1-8-6-9(2-3-11(8)23-7-15(16,17)18)21-13(22)10-4-5-19-12(10)20-14(21)24/h2-6,19H,7H2,1H3,(H,20,24). The number of aromatic amines is 2. The topological polar surface area (TPSA) is 62.8 Å². The van der Waals surface area contributed by atoms with E-state index in [1.54, 1.807) is 25.3 Å². The quantitative estimate of drug-likeness (QED) is 0.706. The molecule has 0 radical (unpaired) electrons. The van der Waals surface area contributed by atoms with Crippen LogP contribution in [0.5, 0.6) is 5.75 Å². The van der Waals surface area contributed by atoms with E-state index in [4.69, 9.17) is 17.0 Å². The van der Waals surface area contributed by atoms with Crippen LogP contribution in [0.4, 0.5) is 13.2 Å². The zero-order valence-corrected chi connectivity index (χ0v) is 13.2. The Balaban J connectivity index is 2.04. The molecule has 0 unspecified atom stereocenters. The number of alkyl halides is 3. The van der Waals surface area contributed by atoms with Gasteiger partial charge in [-0.1, -0.05) is 0 Å². The summed E-state index contributed by atoms with van der Waals surface area (Å²) in [6.07, 6.45) is -2.80. The Morgan fingerprint density at radius 2 is 2.04 bits per heavy atom. The summed E-state index contributed by atoms with van der Waals surface area (Å²) in [4.78, 5) is 18.3. The smallest absolute Gasteiger partial charge is 0.422 e. The van der Waals surface area contributed by atoms with Crippen molar-refractivity contribution in [2.45, 2.75) is 13.1 Å². The minimum absolute atomic E-state index is 0.0988. The number of aryl methyl sites for hydroxylation is 1. The Kier molecular flexibility index (Phi) is 3.96. The van der Waals surface area contributed by atoms with Crippen molar-refractivity contribution in [3.8, 4) is 11.4 Å². The molecular weight excluding hydrogens is 343 g/mol. The summed E-state index contributed by atoms with van der Waals surface area (Å²) in [5.74, 6) is 0.0988. The molecule has 0 fully saturated rings. The van der Waals surface area contributed by atoms with Gasteiger partial charge < -0.3 is 14.7 Å². The van der Waals surface area contributed by atoms with Crippen LogP contribution in [0.15, 0.2) is 35.3 Å². The number of hydrogen-bond donors (Lipinski definition) is 2. The van der Waals surface area contributed by atoms with Crippen LogP contribution in [0.3, 0.4) is 0 Å². The summed E-state index contributed by atoms with van der Waals surface area (Å²) in [5.41, 5.74) is 1.11. The molecule has 0 aliphatic carbocycles. The van der Waals surface area contributed by atoms with E-state index in [2.05, 4.69) is 9.97 Å². The number of hydrogen-bond acceptors (Lipinski definition) is 3. The van der Waals surface area contributed by atoms with E-state index in [9.17, 15) is 18.0 Å². The molecule has 0 amide bonds. The molecule has 0 saturated carbocycles. The molecule has 2 N–H and O–H groups in total. The fourth-order valence-electron chi connectivity index (χ4n) is 2.36. The highest BCUT2D eigenvalue weighted by Gasteiger charge is 2.28. The molecule has 0 atom stereocenters. The minimum Gasteiger partial charge on any atom is -0.484 e. The van der Waals surface area contributed by atoms with Crippen LogP contribution in [0.1, 0.15) is 5.56 Å². The zero-order valence-electron chi connectivity index (χ0n) is 12.4. The summed E-state index contributed by atoms with van der Waals surface area (Å²) < 4.78 is 43.0. The Morgan fingerprint density at radius 1 is 1.29 bits per heavy atom. The minimum atomic E-state index is -4.41. The molecule has 24 heavy (non-hydrogen) atoms. The molecule has 0 bridgehead atoms. The summed E-state index contributed by atoms with van der Waals surface area (Å²) in [6, 6.07) is 6.05. The lowest BCUT2D eigenvalue weighted by Crippen LogP contribution is -2.21. The van der Waals surface area contributed by atoms with Crippen LogP contribution in [0, 0.1) is 11.7 Å². The fraction of sp³-hybridized carbons (Fsp3) is 0.200. The SMILES string of the molecule is Cc1cc(-n2c(=S)[nH]c3[nH]ccc3c2=O)ccc1OCC(F)(F)F. The highest BCUT2D eigenvalue weighted by atomic mass is 32.1. The number of rotatable bonds is 3. The second kappa shape index (κ2) is 5.82. The van der Waals surface area contributed by atoms with E-state index < -0.39 is 12.8 Å². The van der Waals surface area contributed by atoms with E-state index >= 15 is 0 Å². The lowest BCUT2D eigenvalue weighted by molar-refractivity contribution is -0.153.